The standard InChI is InChI=1S/C13H16N4O3/c1-13(2,12(18)19)17-11(14-15-16-17)8-9-4-6-10(20-3)7-5-9/h4-7H,8H2,1-3H3,(H,18,19). The molecule has 0 aliphatic rings. The number of carboxylic acids is 1. The zero-order chi connectivity index (χ0) is 14.8. The molecule has 0 atom stereocenters. The number of methoxy groups -OCH3 is 1. The molecule has 20 heavy (non-hydrogen) atoms. The van der Waals surface area contributed by atoms with E-state index in [-0.39, 0.29) is 0 Å². The summed E-state index contributed by atoms with van der Waals surface area (Å²) in [5, 5.41) is 20.5. The molecule has 0 fully saturated rings. The number of carboxylic acid groups (broad SMARTS) is 1. The molecular weight excluding hydrogens is 260 g/mol. The normalized spacial score (nSPS) is 11.3. The van der Waals surface area contributed by atoms with Crippen LogP contribution in [0.1, 0.15) is 25.2 Å². The van der Waals surface area contributed by atoms with Gasteiger partial charge in [-0.1, -0.05) is 12.1 Å². The van der Waals surface area contributed by atoms with E-state index in [0.29, 0.717) is 12.2 Å². The Hall–Kier alpha value is -2.44. The Morgan fingerprint density at radius 3 is 2.55 bits per heavy atom. The highest BCUT2D eigenvalue weighted by atomic mass is 16.5. The van der Waals surface area contributed by atoms with Crippen LogP contribution in [0.15, 0.2) is 24.3 Å². The molecular formula is C13H16N4O3. The number of aliphatic carboxylic acids is 1. The van der Waals surface area contributed by atoms with Crippen LogP contribution in [-0.2, 0) is 16.8 Å². The molecule has 0 saturated heterocycles. The molecule has 2 aromatic rings. The summed E-state index contributed by atoms with van der Waals surface area (Å²) < 4.78 is 6.42. The molecule has 1 N–H and O–H groups in total. The van der Waals surface area contributed by atoms with Gasteiger partial charge in [-0.3, -0.25) is 0 Å². The average Bonchev–Trinajstić information content (AvgIpc) is 2.88. The Labute approximate surface area is 116 Å². The van der Waals surface area contributed by atoms with Crippen molar-refractivity contribution in [1.82, 2.24) is 20.2 Å². The van der Waals surface area contributed by atoms with Crippen LogP contribution < -0.4 is 4.74 Å². The van der Waals surface area contributed by atoms with E-state index in [1.807, 2.05) is 24.3 Å². The summed E-state index contributed by atoms with van der Waals surface area (Å²) >= 11 is 0. The summed E-state index contributed by atoms with van der Waals surface area (Å²) in [7, 11) is 1.60. The smallest absolute Gasteiger partial charge is 0.331 e. The molecule has 0 unspecified atom stereocenters. The molecule has 0 aliphatic carbocycles. The molecule has 0 amide bonds. The fraction of sp³-hybridized carbons (Fsp3) is 0.385. The number of benzene rings is 1. The summed E-state index contributed by atoms with van der Waals surface area (Å²) in [5.74, 6) is 0.280. The Kier molecular flexibility index (Phi) is 3.69. The molecule has 0 radical (unpaired) electrons. The van der Waals surface area contributed by atoms with E-state index < -0.39 is 11.5 Å². The van der Waals surface area contributed by atoms with Gasteiger partial charge in [0.15, 0.2) is 11.4 Å². The predicted molar refractivity (Wildman–Crippen MR) is 70.6 cm³/mol. The number of tetrazole rings is 1. The largest absolute Gasteiger partial charge is 0.497 e. The van der Waals surface area contributed by atoms with Crippen molar-refractivity contribution in [2.75, 3.05) is 7.11 Å². The third kappa shape index (κ3) is 2.61. The van der Waals surface area contributed by atoms with Crippen molar-refractivity contribution >= 4 is 5.97 Å². The third-order valence-electron chi connectivity index (χ3n) is 3.11. The molecule has 0 bridgehead atoms. The molecule has 1 heterocycles. The maximum absolute atomic E-state index is 11.3. The molecule has 1 aromatic heterocycles. The van der Waals surface area contributed by atoms with Gasteiger partial charge >= 0.3 is 5.97 Å². The number of ether oxygens (including phenoxy) is 1. The lowest BCUT2D eigenvalue weighted by molar-refractivity contribution is -0.146. The Morgan fingerprint density at radius 1 is 1.35 bits per heavy atom. The van der Waals surface area contributed by atoms with Gasteiger partial charge in [0.2, 0.25) is 0 Å². The monoisotopic (exact) mass is 276 g/mol. The molecule has 0 saturated carbocycles. The average molecular weight is 276 g/mol. The van der Waals surface area contributed by atoms with E-state index >= 15 is 0 Å². The van der Waals surface area contributed by atoms with Gasteiger partial charge in [-0.15, -0.1) is 5.10 Å². The lowest BCUT2D eigenvalue weighted by Gasteiger charge is -2.20. The minimum absolute atomic E-state index is 0.452. The fourth-order valence-corrected chi connectivity index (χ4v) is 1.77. The van der Waals surface area contributed by atoms with Gasteiger partial charge < -0.3 is 9.84 Å². The Bertz CT molecular complexity index is 604. The second kappa shape index (κ2) is 5.28. The van der Waals surface area contributed by atoms with E-state index in [1.54, 1.807) is 21.0 Å². The van der Waals surface area contributed by atoms with Crippen molar-refractivity contribution in [3.63, 3.8) is 0 Å². The van der Waals surface area contributed by atoms with Crippen LogP contribution in [0.3, 0.4) is 0 Å². The van der Waals surface area contributed by atoms with Crippen LogP contribution in [0.4, 0.5) is 0 Å². The molecule has 0 aliphatic heterocycles. The van der Waals surface area contributed by atoms with Crippen molar-refractivity contribution in [2.24, 2.45) is 0 Å². The summed E-state index contributed by atoms with van der Waals surface area (Å²) in [6.45, 7) is 3.12. The third-order valence-corrected chi connectivity index (χ3v) is 3.11. The molecule has 106 valence electrons. The highest BCUT2D eigenvalue weighted by Gasteiger charge is 2.33. The van der Waals surface area contributed by atoms with E-state index in [1.165, 1.54) is 4.68 Å². The van der Waals surface area contributed by atoms with Gasteiger partial charge in [-0.2, -0.15) is 0 Å². The maximum Gasteiger partial charge on any atom is 0.331 e. The molecule has 1 aromatic carbocycles. The summed E-state index contributed by atoms with van der Waals surface area (Å²) in [6.07, 6.45) is 0.452. The van der Waals surface area contributed by atoms with Crippen LogP contribution in [0.5, 0.6) is 5.75 Å². The van der Waals surface area contributed by atoms with E-state index in [0.717, 1.165) is 11.3 Å². The van der Waals surface area contributed by atoms with Crippen molar-refractivity contribution in [3.8, 4) is 5.75 Å². The van der Waals surface area contributed by atoms with Crippen LogP contribution in [0, 0.1) is 0 Å². The summed E-state index contributed by atoms with van der Waals surface area (Å²) in [4.78, 5) is 11.3. The van der Waals surface area contributed by atoms with Crippen molar-refractivity contribution in [3.05, 3.63) is 35.7 Å². The SMILES string of the molecule is COc1ccc(Cc2nnnn2C(C)(C)C(=O)O)cc1. The maximum atomic E-state index is 11.3. The zero-order valence-corrected chi connectivity index (χ0v) is 11.6. The fourth-order valence-electron chi connectivity index (χ4n) is 1.77. The van der Waals surface area contributed by atoms with Gasteiger partial charge in [-0.05, 0) is 42.0 Å². The van der Waals surface area contributed by atoms with E-state index in [4.69, 9.17) is 4.74 Å². The highest BCUT2D eigenvalue weighted by Crippen LogP contribution is 2.18. The number of nitrogens with zero attached hydrogens (tertiary/aromatic N) is 4. The summed E-state index contributed by atoms with van der Waals surface area (Å²) in [5.41, 5.74) is -0.214. The minimum Gasteiger partial charge on any atom is -0.497 e. The van der Waals surface area contributed by atoms with Crippen LogP contribution in [0.2, 0.25) is 0 Å². The number of rotatable bonds is 5. The second-order valence-electron chi connectivity index (χ2n) is 4.90. The van der Waals surface area contributed by atoms with E-state index in [2.05, 4.69) is 15.5 Å². The van der Waals surface area contributed by atoms with Crippen molar-refractivity contribution in [1.29, 1.82) is 0 Å². The first-order chi connectivity index (χ1) is 9.45. The van der Waals surface area contributed by atoms with Gasteiger partial charge in [-0.25, -0.2) is 9.48 Å². The second-order valence-corrected chi connectivity index (χ2v) is 4.90. The molecule has 7 heteroatoms. The van der Waals surface area contributed by atoms with Gasteiger partial charge in [0, 0.05) is 6.42 Å². The molecule has 0 spiro atoms. The predicted octanol–water partition coefficient (Wildman–Crippen LogP) is 1.09. The van der Waals surface area contributed by atoms with E-state index in [9.17, 15) is 9.90 Å². The van der Waals surface area contributed by atoms with Crippen molar-refractivity contribution in [2.45, 2.75) is 25.8 Å². The Morgan fingerprint density at radius 2 is 2.00 bits per heavy atom. The first-order valence-electron chi connectivity index (χ1n) is 6.09. The van der Waals surface area contributed by atoms with Gasteiger partial charge in [0.1, 0.15) is 5.75 Å². The minimum atomic E-state index is -1.19. The summed E-state index contributed by atoms with van der Waals surface area (Å²) in [6, 6.07) is 7.47. The lowest BCUT2D eigenvalue weighted by atomic mass is 10.1. The van der Waals surface area contributed by atoms with Gasteiger partial charge in [0.25, 0.3) is 0 Å². The zero-order valence-electron chi connectivity index (χ0n) is 11.6. The highest BCUT2D eigenvalue weighted by molar-refractivity contribution is 5.75. The van der Waals surface area contributed by atoms with Gasteiger partial charge in [0.05, 0.1) is 7.11 Å². The molecule has 7 nitrogen and oxygen atoms in total. The number of carbonyl (C=O) groups is 1. The first kappa shape index (κ1) is 14.0. The number of hydrogen-bond donors (Lipinski definition) is 1. The van der Waals surface area contributed by atoms with Crippen molar-refractivity contribution < 1.29 is 14.6 Å². The topological polar surface area (TPSA) is 90.1 Å². The van der Waals surface area contributed by atoms with Crippen LogP contribution in [-0.4, -0.2) is 38.4 Å². The quantitative estimate of drug-likeness (QED) is 0.879. The Balaban J connectivity index is 2.26. The van der Waals surface area contributed by atoms with Crippen LogP contribution >= 0.6 is 0 Å². The first-order valence-corrected chi connectivity index (χ1v) is 6.09. The number of aromatic nitrogens is 4. The molecule has 2 rings (SSSR count). The number of hydrogen-bond acceptors (Lipinski definition) is 5. The lowest BCUT2D eigenvalue weighted by Crippen LogP contribution is -2.38. The van der Waals surface area contributed by atoms with Crippen LogP contribution in [0.25, 0.3) is 0 Å².